The highest BCUT2D eigenvalue weighted by molar-refractivity contribution is 5.98. The van der Waals surface area contributed by atoms with Crippen molar-refractivity contribution in [1.29, 1.82) is 0 Å². The third-order valence-electron chi connectivity index (χ3n) is 6.13. The molecule has 13 heteroatoms. The number of benzene rings is 2. The first-order valence-electron chi connectivity index (χ1n) is 11.2. The molecule has 2 aromatic carbocycles. The zero-order valence-corrected chi connectivity index (χ0v) is 19.2. The maximum absolute atomic E-state index is 13.1. The predicted octanol–water partition coefficient (Wildman–Crippen LogP) is 4.12. The van der Waals surface area contributed by atoms with Crippen molar-refractivity contribution >= 4 is 22.8 Å². The van der Waals surface area contributed by atoms with E-state index >= 15 is 0 Å². The van der Waals surface area contributed by atoms with Gasteiger partial charge >= 0.3 is 18.1 Å². The molecule has 37 heavy (non-hydrogen) atoms. The van der Waals surface area contributed by atoms with Gasteiger partial charge in [0.05, 0.1) is 23.1 Å². The predicted molar refractivity (Wildman–Crippen MR) is 119 cm³/mol. The lowest BCUT2D eigenvalue weighted by Crippen LogP contribution is -2.49. The van der Waals surface area contributed by atoms with Gasteiger partial charge in [-0.05, 0) is 42.0 Å². The van der Waals surface area contributed by atoms with Gasteiger partial charge in [0.15, 0.2) is 11.4 Å². The zero-order valence-electron chi connectivity index (χ0n) is 19.2. The molecular weight excluding hydrogens is 508 g/mol. The molecule has 3 aromatic rings. The summed E-state index contributed by atoms with van der Waals surface area (Å²) in [6.07, 6.45) is -10.4. The first-order chi connectivity index (χ1) is 17.3. The van der Waals surface area contributed by atoms with E-state index in [1.54, 1.807) is 12.1 Å². The van der Waals surface area contributed by atoms with E-state index in [0.29, 0.717) is 42.8 Å². The molecule has 0 spiro atoms. The number of rotatable bonds is 6. The fourth-order valence-corrected chi connectivity index (χ4v) is 4.15. The summed E-state index contributed by atoms with van der Waals surface area (Å²) in [7, 11) is 0. The summed E-state index contributed by atoms with van der Waals surface area (Å²) in [5.41, 5.74) is -2.17. The molecule has 1 fully saturated rings. The number of aromatic amines is 1. The molecular formula is C24H21F6N3O4. The Balaban J connectivity index is 1.31. The summed E-state index contributed by atoms with van der Waals surface area (Å²) in [6.45, 7) is 1.61. The number of halogens is 6. The Morgan fingerprint density at radius 2 is 1.51 bits per heavy atom. The number of Topliss-reactive ketones (excluding diaryl/α,β-unsaturated/α-hetero) is 1. The van der Waals surface area contributed by atoms with Gasteiger partial charge in [0.25, 0.3) is 0 Å². The molecule has 0 radical (unpaired) electrons. The van der Waals surface area contributed by atoms with Crippen LogP contribution in [0.25, 0.3) is 11.1 Å². The number of H-pyrrole nitrogens is 1. The number of oxazole rings is 1. The van der Waals surface area contributed by atoms with Crippen molar-refractivity contribution in [3.05, 3.63) is 69.2 Å². The Labute approximate surface area is 205 Å². The summed E-state index contributed by atoms with van der Waals surface area (Å²) in [4.78, 5) is 42.2. The van der Waals surface area contributed by atoms with E-state index in [9.17, 15) is 40.7 Å². The maximum Gasteiger partial charge on any atom is 0.417 e. The molecule has 198 valence electrons. The van der Waals surface area contributed by atoms with Crippen molar-refractivity contribution in [1.82, 2.24) is 14.8 Å². The molecule has 1 aliphatic heterocycles. The monoisotopic (exact) mass is 529 g/mol. The van der Waals surface area contributed by atoms with Crippen molar-refractivity contribution in [2.24, 2.45) is 0 Å². The second-order valence-corrected chi connectivity index (χ2v) is 8.71. The number of fused-ring (bicyclic) bond motifs is 1. The lowest BCUT2D eigenvalue weighted by molar-refractivity contribution is -0.143. The van der Waals surface area contributed by atoms with Gasteiger partial charge in [-0.15, -0.1) is 0 Å². The van der Waals surface area contributed by atoms with E-state index in [0.717, 1.165) is 0 Å². The molecule has 1 aliphatic rings. The number of amides is 1. The van der Waals surface area contributed by atoms with Crippen LogP contribution in [0.3, 0.4) is 0 Å². The van der Waals surface area contributed by atoms with Gasteiger partial charge in [-0.25, -0.2) is 4.79 Å². The number of piperazine rings is 1. The van der Waals surface area contributed by atoms with E-state index in [1.165, 1.54) is 11.0 Å². The molecule has 4 rings (SSSR count). The minimum Gasteiger partial charge on any atom is -0.408 e. The van der Waals surface area contributed by atoms with E-state index in [1.807, 2.05) is 4.90 Å². The van der Waals surface area contributed by atoms with Crippen LogP contribution in [0.4, 0.5) is 26.3 Å². The van der Waals surface area contributed by atoms with Crippen LogP contribution in [0.2, 0.25) is 0 Å². The molecule has 1 amide bonds. The number of hydrogen-bond donors (Lipinski definition) is 1. The van der Waals surface area contributed by atoms with Crippen LogP contribution in [-0.2, 0) is 23.6 Å². The zero-order chi connectivity index (χ0) is 27.0. The summed E-state index contributed by atoms with van der Waals surface area (Å²) in [5.74, 6) is -1.38. The lowest BCUT2D eigenvalue weighted by atomic mass is 10.0. The molecule has 2 heterocycles. The van der Waals surface area contributed by atoms with Gasteiger partial charge in [-0.3, -0.25) is 19.5 Å². The first-order valence-corrected chi connectivity index (χ1v) is 11.2. The van der Waals surface area contributed by atoms with Crippen LogP contribution in [0.15, 0.2) is 45.6 Å². The molecule has 7 nitrogen and oxygen atoms in total. The van der Waals surface area contributed by atoms with Gasteiger partial charge in [0, 0.05) is 44.7 Å². The Kier molecular flexibility index (Phi) is 7.18. The smallest absolute Gasteiger partial charge is 0.408 e. The molecule has 0 unspecified atom stereocenters. The molecule has 1 aromatic heterocycles. The van der Waals surface area contributed by atoms with Gasteiger partial charge in [-0.2, -0.15) is 26.3 Å². The Bertz CT molecular complexity index is 1340. The number of nitrogens with zero attached hydrogens (tertiary/aromatic N) is 2. The highest BCUT2D eigenvalue weighted by Crippen LogP contribution is 2.36. The van der Waals surface area contributed by atoms with Gasteiger partial charge in [0.1, 0.15) is 0 Å². The van der Waals surface area contributed by atoms with E-state index in [-0.39, 0.29) is 42.5 Å². The number of nitrogens with one attached hydrogen (secondary N) is 1. The first kappa shape index (κ1) is 26.5. The van der Waals surface area contributed by atoms with Crippen LogP contribution < -0.4 is 5.76 Å². The normalized spacial score (nSPS) is 15.4. The minimum absolute atomic E-state index is 0.0280. The number of hydrogen-bond acceptors (Lipinski definition) is 5. The highest BCUT2D eigenvalue weighted by Gasteiger charge is 2.37. The van der Waals surface area contributed by atoms with Crippen LogP contribution in [0.1, 0.15) is 33.5 Å². The third kappa shape index (κ3) is 6.40. The SMILES string of the molecule is O=C(CCN1CCN(C(=O)Cc2cc(C(F)(F)F)cc(C(F)(F)F)c2)CC1)c1ccc2[nH]c(=O)oc2c1. The summed E-state index contributed by atoms with van der Waals surface area (Å²) >= 11 is 0. The second kappa shape index (κ2) is 10.0. The Hall–Kier alpha value is -3.61. The largest absolute Gasteiger partial charge is 0.417 e. The average Bonchev–Trinajstić information content (AvgIpc) is 3.20. The molecule has 1 saturated heterocycles. The van der Waals surface area contributed by atoms with Crippen molar-refractivity contribution in [2.45, 2.75) is 25.2 Å². The van der Waals surface area contributed by atoms with Crippen LogP contribution in [0, 0.1) is 0 Å². The van der Waals surface area contributed by atoms with Crippen molar-refractivity contribution in [3.8, 4) is 0 Å². The summed E-state index contributed by atoms with van der Waals surface area (Å²) in [5, 5.41) is 0. The third-order valence-corrected chi connectivity index (χ3v) is 6.13. The fourth-order valence-electron chi connectivity index (χ4n) is 4.15. The average molecular weight is 529 g/mol. The molecule has 0 saturated carbocycles. The van der Waals surface area contributed by atoms with Gasteiger partial charge in [-0.1, -0.05) is 0 Å². The van der Waals surface area contributed by atoms with Crippen molar-refractivity contribution < 1.29 is 40.3 Å². The number of carbonyl (C=O) groups is 2. The van der Waals surface area contributed by atoms with Crippen LogP contribution >= 0.6 is 0 Å². The van der Waals surface area contributed by atoms with E-state index in [4.69, 9.17) is 4.42 Å². The quantitative estimate of drug-likeness (QED) is 0.384. The topological polar surface area (TPSA) is 86.6 Å². The van der Waals surface area contributed by atoms with Crippen molar-refractivity contribution in [2.75, 3.05) is 32.7 Å². The number of aromatic nitrogens is 1. The van der Waals surface area contributed by atoms with Crippen LogP contribution in [-0.4, -0.2) is 59.2 Å². The van der Waals surface area contributed by atoms with E-state index in [2.05, 4.69) is 4.98 Å². The molecule has 1 N–H and O–H groups in total. The molecule has 0 atom stereocenters. The summed E-state index contributed by atoms with van der Waals surface area (Å²) < 4.78 is 83.4. The number of alkyl halides is 6. The van der Waals surface area contributed by atoms with Crippen molar-refractivity contribution in [3.63, 3.8) is 0 Å². The summed E-state index contributed by atoms with van der Waals surface area (Å²) in [6, 6.07) is 5.77. The lowest BCUT2D eigenvalue weighted by Gasteiger charge is -2.34. The highest BCUT2D eigenvalue weighted by atomic mass is 19.4. The van der Waals surface area contributed by atoms with Gasteiger partial charge in [0.2, 0.25) is 5.91 Å². The number of carbonyl (C=O) groups excluding carboxylic acids is 2. The standard InChI is InChI=1S/C24H21F6N3O4/c25-23(26,27)16-9-14(10-17(13-16)24(28,29)30)11-21(35)33-7-5-32(6-8-33)4-3-19(34)15-1-2-18-20(12-15)37-22(36)31-18/h1-2,9-10,12-13H,3-8,11H2,(H,31,36). The second-order valence-electron chi connectivity index (χ2n) is 8.71. The fraction of sp³-hybridized carbons (Fsp3) is 0.375. The maximum atomic E-state index is 13.1. The van der Waals surface area contributed by atoms with Gasteiger partial charge < -0.3 is 9.32 Å². The minimum atomic E-state index is -4.98. The number of ketones is 1. The Morgan fingerprint density at radius 1 is 0.892 bits per heavy atom. The molecule has 0 bridgehead atoms. The van der Waals surface area contributed by atoms with E-state index < -0.39 is 41.6 Å². The van der Waals surface area contributed by atoms with Crippen LogP contribution in [0.5, 0.6) is 0 Å². The Morgan fingerprint density at radius 3 is 2.11 bits per heavy atom. The molecule has 0 aliphatic carbocycles.